The number of benzene rings is 1. The summed E-state index contributed by atoms with van der Waals surface area (Å²) in [4.78, 5) is 24.1. The molecule has 2 aromatic heterocycles. The first-order valence-electron chi connectivity index (χ1n) is 6.39. The molecule has 2 heterocycles. The number of rotatable bonds is 1. The van der Waals surface area contributed by atoms with Crippen LogP contribution in [0, 0.1) is 0 Å². The summed E-state index contributed by atoms with van der Waals surface area (Å²) in [7, 11) is 2.72. The van der Waals surface area contributed by atoms with Crippen molar-refractivity contribution in [3.63, 3.8) is 0 Å². The van der Waals surface area contributed by atoms with Crippen LogP contribution < -0.4 is 20.9 Å². The smallest absolute Gasteiger partial charge is 0.330 e. The lowest BCUT2D eigenvalue weighted by Gasteiger charge is -2.14. The Bertz CT molecular complexity index is 965. The van der Waals surface area contributed by atoms with E-state index in [4.69, 9.17) is 0 Å². The van der Waals surface area contributed by atoms with Gasteiger partial charge in [0.1, 0.15) is 0 Å². The molecule has 0 bridgehead atoms. The van der Waals surface area contributed by atoms with E-state index in [1.807, 2.05) is 30.3 Å². The van der Waals surface area contributed by atoms with Gasteiger partial charge in [-0.2, -0.15) is 4.57 Å². The lowest BCUT2D eigenvalue weighted by atomic mass is 10.2. The Balaban J connectivity index is 2.51. The molecule has 3 rings (SSSR count). The predicted octanol–water partition coefficient (Wildman–Crippen LogP) is -0.413. The van der Waals surface area contributed by atoms with Crippen molar-refractivity contribution in [2.75, 3.05) is 0 Å². The second-order valence-electron chi connectivity index (χ2n) is 4.80. The molecule has 0 amide bonds. The van der Waals surface area contributed by atoms with E-state index >= 15 is 0 Å². The number of para-hydroxylation sites is 1. The fraction of sp³-hybridized carbons (Fsp3) is 0.133. The molecule has 0 spiro atoms. The van der Waals surface area contributed by atoms with E-state index in [2.05, 4.69) is 0 Å². The molecule has 0 aliphatic rings. The van der Waals surface area contributed by atoms with Crippen molar-refractivity contribution in [3.8, 4) is 11.6 Å². The zero-order valence-corrected chi connectivity index (χ0v) is 11.6. The Morgan fingerprint density at radius 2 is 1.67 bits per heavy atom. The largest absolute Gasteiger partial charge is 0.855 e. The van der Waals surface area contributed by atoms with E-state index in [1.165, 1.54) is 18.7 Å². The zero-order chi connectivity index (χ0) is 15.1. The summed E-state index contributed by atoms with van der Waals surface area (Å²) in [6.07, 6.45) is 1.64. The number of pyridine rings is 1. The van der Waals surface area contributed by atoms with E-state index < -0.39 is 17.1 Å². The summed E-state index contributed by atoms with van der Waals surface area (Å²) in [5.74, 6) is -0.607. The van der Waals surface area contributed by atoms with Crippen molar-refractivity contribution in [1.82, 2.24) is 9.13 Å². The summed E-state index contributed by atoms with van der Waals surface area (Å²) in [6.45, 7) is 0. The molecular weight excluding hydrogens is 270 g/mol. The van der Waals surface area contributed by atoms with Crippen molar-refractivity contribution in [1.29, 1.82) is 0 Å². The van der Waals surface area contributed by atoms with Crippen LogP contribution in [0.25, 0.3) is 16.6 Å². The molecule has 1 aromatic carbocycles. The van der Waals surface area contributed by atoms with Crippen molar-refractivity contribution < 1.29 is 9.67 Å². The van der Waals surface area contributed by atoms with Gasteiger partial charge in [0.15, 0.2) is 6.20 Å². The monoisotopic (exact) mass is 283 g/mol. The number of hydrogen-bond acceptors (Lipinski definition) is 3. The maximum Gasteiger partial charge on any atom is 0.330 e. The second kappa shape index (κ2) is 4.59. The Hall–Kier alpha value is -2.89. The van der Waals surface area contributed by atoms with Crippen molar-refractivity contribution >= 4 is 10.9 Å². The van der Waals surface area contributed by atoms with Gasteiger partial charge in [-0.1, -0.05) is 12.1 Å². The highest BCUT2D eigenvalue weighted by atomic mass is 16.3. The summed E-state index contributed by atoms with van der Waals surface area (Å²) < 4.78 is 3.40. The first-order chi connectivity index (χ1) is 10.0. The van der Waals surface area contributed by atoms with Gasteiger partial charge in [-0.05, 0) is 12.1 Å². The van der Waals surface area contributed by atoms with Gasteiger partial charge in [-0.3, -0.25) is 9.36 Å². The highest BCUT2D eigenvalue weighted by Crippen LogP contribution is 2.12. The first kappa shape index (κ1) is 13.1. The molecule has 3 aromatic rings. The minimum atomic E-state index is -0.630. The van der Waals surface area contributed by atoms with Crippen LogP contribution in [0.1, 0.15) is 0 Å². The number of nitrogens with zero attached hydrogens (tertiary/aromatic N) is 3. The standard InChI is InChI=1S/C15H13N3O3/c1-16-13(19)12(14(20)17(2)15(16)21)18-9-5-7-10-6-3-4-8-11(10)18/h3-9H,1-2H3. The summed E-state index contributed by atoms with van der Waals surface area (Å²) in [5.41, 5.74) is -0.566. The Kier molecular flexibility index (Phi) is 2.86. The number of hydrogen-bond donors (Lipinski definition) is 0. The maximum atomic E-state index is 12.3. The Morgan fingerprint density at radius 1 is 1.00 bits per heavy atom. The van der Waals surface area contributed by atoms with E-state index in [-0.39, 0.29) is 5.69 Å². The Labute approximate surface area is 119 Å². The molecule has 0 saturated carbocycles. The molecule has 0 unspecified atom stereocenters. The third kappa shape index (κ3) is 1.84. The van der Waals surface area contributed by atoms with Gasteiger partial charge < -0.3 is 9.67 Å². The van der Waals surface area contributed by atoms with Gasteiger partial charge in [0, 0.05) is 37.5 Å². The molecule has 6 nitrogen and oxygen atoms in total. The molecule has 106 valence electrons. The van der Waals surface area contributed by atoms with Crippen LogP contribution in [-0.2, 0) is 14.1 Å². The van der Waals surface area contributed by atoms with Gasteiger partial charge in [-0.25, -0.2) is 4.79 Å². The zero-order valence-electron chi connectivity index (χ0n) is 11.6. The highest BCUT2D eigenvalue weighted by Gasteiger charge is 2.20. The molecule has 0 N–H and O–H groups in total. The highest BCUT2D eigenvalue weighted by molar-refractivity contribution is 5.75. The van der Waals surface area contributed by atoms with Gasteiger partial charge in [0.25, 0.3) is 5.69 Å². The van der Waals surface area contributed by atoms with Crippen LogP contribution in [0.2, 0.25) is 0 Å². The van der Waals surface area contributed by atoms with Crippen LogP contribution in [0.3, 0.4) is 0 Å². The predicted molar refractivity (Wildman–Crippen MR) is 75.4 cm³/mol. The normalized spacial score (nSPS) is 11.0. The van der Waals surface area contributed by atoms with E-state index in [0.717, 1.165) is 20.0 Å². The lowest BCUT2D eigenvalue weighted by Crippen LogP contribution is -2.47. The van der Waals surface area contributed by atoms with Gasteiger partial charge >= 0.3 is 11.2 Å². The lowest BCUT2D eigenvalue weighted by molar-refractivity contribution is -0.574. The van der Waals surface area contributed by atoms with E-state index in [1.54, 1.807) is 12.3 Å². The fourth-order valence-corrected chi connectivity index (χ4v) is 2.37. The minimum absolute atomic E-state index is 0.0589. The average molecular weight is 283 g/mol. The minimum Gasteiger partial charge on any atom is -0.855 e. The van der Waals surface area contributed by atoms with Crippen molar-refractivity contribution in [2.24, 2.45) is 14.1 Å². The third-order valence-electron chi connectivity index (χ3n) is 3.54. The number of fused-ring (bicyclic) bond motifs is 1. The summed E-state index contributed by atoms with van der Waals surface area (Å²) >= 11 is 0. The van der Waals surface area contributed by atoms with Crippen molar-refractivity contribution in [3.05, 3.63) is 63.4 Å². The molecule has 21 heavy (non-hydrogen) atoms. The third-order valence-corrected chi connectivity index (χ3v) is 3.54. The fourth-order valence-electron chi connectivity index (χ4n) is 2.37. The average Bonchev–Trinajstić information content (AvgIpc) is 2.51. The van der Waals surface area contributed by atoms with E-state index in [0.29, 0.717) is 0 Å². The first-order valence-corrected chi connectivity index (χ1v) is 6.39. The maximum absolute atomic E-state index is 12.3. The molecule has 0 radical (unpaired) electrons. The topological polar surface area (TPSA) is 70.9 Å². The van der Waals surface area contributed by atoms with E-state index in [9.17, 15) is 14.7 Å². The quantitative estimate of drug-likeness (QED) is 0.570. The second-order valence-corrected chi connectivity index (χ2v) is 4.80. The van der Waals surface area contributed by atoms with Crippen LogP contribution in [0.15, 0.2) is 52.2 Å². The van der Waals surface area contributed by atoms with Crippen LogP contribution in [-0.4, -0.2) is 9.13 Å². The Morgan fingerprint density at radius 3 is 2.43 bits per heavy atom. The molecule has 0 atom stereocenters. The summed E-state index contributed by atoms with van der Waals surface area (Å²) in [5, 5.41) is 13.2. The van der Waals surface area contributed by atoms with Gasteiger partial charge in [-0.15, -0.1) is 0 Å². The molecule has 0 aliphatic heterocycles. The SMILES string of the molecule is Cn1c([O-])c(-[n+]2cccc3ccccc32)c(=O)n(C)c1=O. The van der Waals surface area contributed by atoms with Crippen LogP contribution >= 0.6 is 0 Å². The molecule has 6 heteroatoms. The summed E-state index contributed by atoms with van der Waals surface area (Å²) in [6, 6.07) is 11.1. The van der Waals surface area contributed by atoms with Crippen LogP contribution in [0.4, 0.5) is 0 Å². The molecule has 0 aliphatic carbocycles. The van der Waals surface area contributed by atoms with Crippen molar-refractivity contribution in [2.45, 2.75) is 0 Å². The molecule has 0 fully saturated rings. The molecular formula is C15H13N3O3. The molecule has 0 saturated heterocycles. The van der Waals surface area contributed by atoms with Gasteiger partial charge in [0.05, 0.1) is 0 Å². The number of aromatic nitrogens is 3. The van der Waals surface area contributed by atoms with Crippen LogP contribution in [0.5, 0.6) is 5.88 Å². The van der Waals surface area contributed by atoms with Gasteiger partial charge in [0.2, 0.25) is 5.52 Å².